The number of imidazole rings is 1. The Morgan fingerprint density at radius 2 is 1.66 bits per heavy atom. The zero-order valence-electron chi connectivity index (χ0n) is 20.6. The summed E-state index contributed by atoms with van der Waals surface area (Å²) in [6, 6.07) is -0.708. The van der Waals surface area contributed by atoms with E-state index in [0.29, 0.717) is 19.3 Å². The quantitative estimate of drug-likeness (QED) is 0.375. The molecule has 0 saturated carbocycles. The summed E-state index contributed by atoms with van der Waals surface area (Å²) in [5.41, 5.74) is 4.42. The third-order valence-corrected chi connectivity index (χ3v) is 6.22. The zero-order chi connectivity index (χ0) is 24.7. The van der Waals surface area contributed by atoms with Gasteiger partial charge >= 0.3 is 0 Å². The van der Waals surface area contributed by atoms with Crippen molar-refractivity contribution in [3.63, 3.8) is 0 Å². The number of Topliss-reactive ketones (excluding diaryl/α,β-unsaturated/α-hetero) is 4. The number of aromatic nitrogens is 2. The number of carbonyl (C=O) groups is 4. The van der Waals surface area contributed by atoms with E-state index in [9.17, 15) is 19.2 Å². The molecular weight excluding hydrogens is 408 g/mol. The molecule has 0 unspecified atom stereocenters. The summed E-state index contributed by atoms with van der Waals surface area (Å²) in [7, 11) is 0. The molecule has 0 radical (unpaired) electrons. The Morgan fingerprint density at radius 1 is 1.03 bits per heavy atom. The Morgan fingerprint density at radius 3 is 2.19 bits per heavy atom. The van der Waals surface area contributed by atoms with Gasteiger partial charge in [0.15, 0.2) is 17.3 Å². The standard InChI is InChI=1S/C24H40N4O4/c1-8-19(30)24(6,7)28-14-21(32)22(2,3)10-9-20(31)23(4,5)12-18(29)17(25)11-16-13-26-15-27-16/h13,15,17,28H,8-12,14,25H2,1-7H3,(H,26,27)/t17-/m0/s1. The van der Waals surface area contributed by atoms with Gasteiger partial charge in [0.05, 0.1) is 24.5 Å². The Hall–Kier alpha value is -2.19. The van der Waals surface area contributed by atoms with Crippen LogP contribution in [0.25, 0.3) is 0 Å². The van der Waals surface area contributed by atoms with E-state index in [-0.39, 0.29) is 42.5 Å². The van der Waals surface area contributed by atoms with Gasteiger partial charge in [0.25, 0.3) is 0 Å². The molecule has 1 aromatic heterocycles. The minimum absolute atomic E-state index is 0.0374. The fourth-order valence-corrected chi connectivity index (χ4v) is 3.40. The highest BCUT2D eigenvalue weighted by Gasteiger charge is 2.35. The minimum atomic E-state index is -0.865. The van der Waals surface area contributed by atoms with Crippen LogP contribution in [0.1, 0.15) is 79.8 Å². The number of H-pyrrole nitrogens is 1. The number of carbonyl (C=O) groups excluding carboxylic acids is 4. The minimum Gasteiger partial charge on any atom is -0.348 e. The second-order valence-electron chi connectivity index (χ2n) is 10.4. The average molecular weight is 449 g/mol. The summed E-state index contributed by atoms with van der Waals surface area (Å²) < 4.78 is 0. The second kappa shape index (κ2) is 11.1. The highest BCUT2D eigenvalue weighted by atomic mass is 16.1. The number of ketones is 4. The Kier molecular flexibility index (Phi) is 9.66. The summed E-state index contributed by atoms with van der Waals surface area (Å²) in [6.45, 7) is 12.5. The molecule has 8 heteroatoms. The maximum absolute atomic E-state index is 12.9. The Labute approximate surface area is 191 Å². The fraction of sp³-hybridized carbons (Fsp3) is 0.708. The molecule has 4 N–H and O–H groups in total. The van der Waals surface area contributed by atoms with Crippen molar-refractivity contribution in [2.24, 2.45) is 16.6 Å². The van der Waals surface area contributed by atoms with E-state index in [2.05, 4.69) is 15.3 Å². The molecule has 0 bridgehead atoms. The molecular formula is C24H40N4O4. The second-order valence-corrected chi connectivity index (χ2v) is 10.4. The first kappa shape index (κ1) is 27.8. The van der Waals surface area contributed by atoms with Crippen LogP contribution >= 0.6 is 0 Å². The van der Waals surface area contributed by atoms with Crippen molar-refractivity contribution in [3.8, 4) is 0 Å². The topological polar surface area (TPSA) is 135 Å². The van der Waals surface area contributed by atoms with Crippen LogP contribution in [0.3, 0.4) is 0 Å². The molecule has 0 aliphatic carbocycles. The lowest BCUT2D eigenvalue weighted by Crippen LogP contribution is -2.50. The van der Waals surface area contributed by atoms with Crippen LogP contribution < -0.4 is 11.1 Å². The van der Waals surface area contributed by atoms with Crippen LogP contribution in [0.2, 0.25) is 0 Å². The molecule has 0 aliphatic heterocycles. The molecule has 0 saturated heterocycles. The van der Waals surface area contributed by atoms with E-state index in [4.69, 9.17) is 5.73 Å². The van der Waals surface area contributed by atoms with Crippen molar-refractivity contribution in [1.82, 2.24) is 15.3 Å². The molecule has 1 aromatic rings. The van der Waals surface area contributed by atoms with Crippen molar-refractivity contribution >= 4 is 23.1 Å². The molecule has 0 spiro atoms. The summed E-state index contributed by atoms with van der Waals surface area (Å²) in [4.78, 5) is 57.0. The van der Waals surface area contributed by atoms with Crippen molar-refractivity contribution < 1.29 is 19.2 Å². The van der Waals surface area contributed by atoms with Crippen molar-refractivity contribution in [2.75, 3.05) is 6.54 Å². The van der Waals surface area contributed by atoms with Crippen LogP contribution in [0.15, 0.2) is 12.5 Å². The van der Waals surface area contributed by atoms with Crippen LogP contribution in [-0.4, -0.2) is 51.2 Å². The fourth-order valence-electron chi connectivity index (χ4n) is 3.40. The lowest BCUT2D eigenvalue weighted by atomic mass is 9.75. The number of rotatable bonds is 15. The highest BCUT2D eigenvalue weighted by molar-refractivity contribution is 5.93. The SMILES string of the molecule is CCC(=O)C(C)(C)NCC(=O)C(C)(C)CCC(=O)C(C)(C)CC(=O)[C@@H](N)Cc1cnc[nH]1. The van der Waals surface area contributed by atoms with Gasteiger partial charge in [0.2, 0.25) is 0 Å². The lowest BCUT2D eigenvalue weighted by molar-refractivity contribution is -0.134. The molecule has 180 valence electrons. The number of nitrogens with one attached hydrogen (secondary N) is 2. The molecule has 1 heterocycles. The number of hydrogen-bond acceptors (Lipinski definition) is 7. The van der Waals surface area contributed by atoms with Gasteiger partial charge in [-0.15, -0.1) is 0 Å². The molecule has 0 amide bonds. The van der Waals surface area contributed by atoms with Crippen molar-refractivity contribution in [1.29, 1.82) is 0 Å². The van der Waals surface area contributed by atoms with Gasteiger partial charge in [-0.2, -0.15) is 0 Å². The van der Waals surface area contributed by atoms with Gasteiger partial charge in [-0.1, -0.05) is 34.6 Å². The van der Waals surface area contributed by atoms with E-state index in [1.165, 1.54) is 6.33 Å². The zero-order valence-corrected chi connectivity index (χ0v) is 20.6. The third-order valence-electron chi connectivity index (χ3n) is 6.22. The smallest absolute Gasteiger partial charge is 0.152 e. The predicted molar refractivity (Wildman–Crippen MR) is 124 cm³/mol. The maximum atomic E-state index is 12.9. The van der Waals surface area contributed by atoms with Gasteiger partial charge in [0, 0.05) is 48.4 Å². The van der Waals surface area contributed by atoms with Crippen LogP contribution in [0.5, 0.6) is 0 Å². The highest BCUT2D eigenvalue weighted by Crippen LogP contribution is 2.30. The molecule has 1 rings (SSSR count). The summed E-state index contributed by atoms with van der Waals surface area (Å²) in [5, 5.41) is 3.04. The summed E-state index contributed by atoms with van der Waals surface area (Å²) in [5.74, 6) is -0.275. The van der Waals surface area contributed by atoms with Gasteiger partial charge < -0.3 is 10.7 Å². The number of hydrogen-bond donors (Lipinski definition) is 3. The first-order valence-corrected chi connectivity index (χ1v) is 11.2. The van der Waals surface area contributed by atoms with Gasteiger partial charge in [0.1, 0.15) is 5.78 Å². The van der Waals surface area contributed by atoms with Crippen molar-refractivity contribution in [2.45, 2.75) is 92.2 Å². The molecule has 1 atom stereocenters. The monoisotopic (exact) mass is 448 g/mol. The first-order valence-electron chi connectivity index (χ1n) is 11.2. The van der Waals surface area contributed by atoms with E-state index in [1.54, 1.807) is 54.7 Å². The lowest BCUT2D eigenvalue weighted by Gasteiger charge is -2.29. The maximum Gasteiger partial charge on any atom is 0.152 e. The van der Waals surface area contributed by atoms with E-state index in [0.717, 1.165) is 5.69 Å². The Bertz CT molecular complexity index is 810. The van der Waals surface area contributed by atoms with Gasteiger partial charge in [-0.3, -0.25) is 24.5 Å². The van der Waals surface area contributed by atoms with Crippen LogP contribution in [0.4, 0.5) is 0 Å². The largest absolute Gasteiger partial charge is 0.348 e. The predicted octanol–water partition coefficient (Wildman–Crippen LogP) is 2.56. The molecule has 8 nitrogen and oxygen atoms in total. The van der Waals surface area contributed by atoms with Gasteiger partial charge in [-0.05, 0) is 20.3 Å². The molecule has 0 aliphatic rings. The molecule has 0 aromatic carbocycles. The van der Waals surface area contributed by atoms with E-state index in [1.807, 2.05) is 0 Å². The summed E-state index contributed by atoms with van der Waals surface area (Å²) >= 11 is 0. The number of nitrogens with two attached hydrogens (primary N) is 1. The molecule has 0 fully saturated rings. The van der Waals surface area contributed by atoms with E-state index < -0.39 is 22.4 Å². The number of aromatic amines is 1. The first-order chi connectivity index (χ1) is 14.6. The number of nitrogens with zero attached hydrogens (tertiary/aromatic N) is 1. The normalized spacial score (nSPS) is 13.6. The Balaban J connectivity index is 2.60. The van der Waals surface area contributed by atoms with Crippen LogP contribution in [-0.2, 0) is 25.6 Å². The summed E-state index contributed by atoms with van der Waals surface area (Å²) in [6.07, 6.45) is 4.49. The average Bonchev–Trinajstić information content (AvgIpc) is 3.21. The van der Waals surface area contributed by atoms with Gasteiger partial charge in [-0.25, -0.2) is 4.98 Å². The van der Waals surface area contributed by atoms with Crippen molar-refractivity contribution in [3.05, 3.63) is 18.2 Å². The van der Waals surface area contributed by atoms with E-state index >= 15 is 0 Å². The molecule has 32 heavy (non-hydrogen) atoms. The third kappa shape index (κ3) is 8.06. The van der Waals surface area contributed by atoms with Crippen LogP contribution in [0, 0.1) is 10.8 Å².